The van der Waals surface area contributed by atoms with Crippen molar-refractivity contribution < 1.29 is 13.2 Å². The van der Waals surface area contributed by atoms with E-state index < -0.39 is 9.84 Å². The molecule has 1 fully saturated rings. The van der Waals surface area contributed by atoms with E-state index in [0.29, 0.717) is 18.5 Å². The van der Waals surface area contributed by atoms with Gasteiger partial charge in [-0.05, 0) is 30.5 Å². The number of amides is 1. The van der Waals surface area contributed by atoms with Gasteiger partial charge in [-0.25, -0.2) is 8.42 Å². The highest BCUT2D eigenvalue weighted by molar-refractivity contribution is 7.91. The minimum absolute atomic E-state index is 0.0530. The van der Waals surface area contributed by atoms with Gasteiger partial charge in [-0.3, -0.25) is 4.79 Å². The highest BCUT2D eigenvalue weighted by atomic mass is 32.2. The summed E-state index contributed by atoms with van der Waals surface area (Å²) in [5, 5.41) is 0. The van der Waals surface area contributed by atoms with Crippen molar-refractivity contribution in [1.29, 1.82) is 0 Å². The second-order valence-electron chi connectivity index (χ2n) is 6.29. The minimum atomic E-state index is -3.05. The molecule has 1 aliphatic rings. The number of hydrogen-bond donors (Lipinski definition) is 0. The van der Waals surface area contributed by atoms with E-state index in [-0.39, 0.29) is 23.5 Å². The summed E-state index contributed by atoms with van der Waals surface area (Å²) in [5.74, 6) is 0.112. The Kier molecular flexibility index (Phi) is 4.71. The van der Waals surface area contributed by atoms with E-state index >= 15 is 0 Å². The van der Waals surface area contributed by atoms with Crippen LogP contribution in [0.4, 0.5) is 0 Å². The summed E-state index contributed by atoms with van der Waals surface area (Å²) in [6.45, 7) is 2.33. The van der Waals surface area contributed by atoms with Crippen LogP contribution in [0.2, 0.25) is 0 Å². The molecule has 0 bridgehead atoms. The van der Waals surface area contributed by atoms with E-state index in [1.54, 1.807) is 11.0 Å². The van der Waals surface area contributed by atoms with Crippen LogP contribution in [0.3, 0.4) is 0 Å². The van der Waals surface area contributed by atoms with Crippen LogP contribution < -0.4 is 0 Å². The molecule has 24 heavy (non-hydrogen) atoms. The molecule has 1 unspecified atom stereocenters. The van der Waals surface area contributed by atoms with Gasteiger partial charge in [0.2, 0.25) is 0 Å². The van der Waals surface area contributed by atoms with Crippen LogP contribution in [0, 0.1) is 6.92 Å². The SMILES string of the molecule is Cc1ccccc1C(=O)N(Cc1ccccc1)C1CCS(=O)(=O)C1. The molecular weight excluding hydrogens is 322 g/mol. The molecule has 0 aliphatic carbocycles. The average Bonchev–Trinajstić information content (AvgIpc) is 2.93. The molecule has 1 aliphatic heterocycles. The molecule has 126 valence electrons. The molecule has 3 rings (SSSR count). The Morgan fingerprint density at radius 3 is 2.38 bits per heavy atom. The first-order valence-corrected chi connectivity index (χ1v) is 9.89. The fourth-order valence-electron chi connectivity index (χ4n) is 3.14. The van der Waals surface area contributed by atoms with E-state index in [1.807, 2.05) is 55.5 Å². The number of carbonyl (C=O) groups is 1. The van der Waals surface area contributed by atoms with Gasteiger partial charge in [-0.2, -0.15) is 0 Å². The van der Waals surface area contributed by atoms with Crippen molar-refractivity contribution in [3.63, 3.8) is 0 Å². The third-order valence-corrected chi connectivity index (χ3v) is 6.23. The molecule has 2 aromatic carbocycles. The Bertz CT molecular complexity index is 831. The van der Waals surface area contributed by atoms with Crippen molar-refractivity contribution in [3.05, 3.63) is 71.3 Å². The minimum Gasteiger partial charge on any atom is -0.330 e. The first-order valence-electron chi connectivity index (χ1n) is 8.07. The van der Waals surface area contributed by atoms with Crippen molar-refractivity contribution in [3.8, 4) is 0 Å². The number of carbonyl (C=O) groups excluding carboxylic acids is 1. The topological polar surface area (TPSA) is 54.5 Å². The molecule has 1 heterocycles. The molecular formula is C19H21NO3S. The second-order valence-corrected chi connectivity index (χ2v) is 8.52. The largest absolute Gasteiger partial charge is 0.330 e. The molecule has 0 spiro atoms. The van der Waals surface area contributed by atoms with Crippen molar-refractivity contribution in [1.82, 2.24) is 4.90 Å². The summed E-state index contributed by atoms with van der Waals surface area (Å²) in [6.07, 6.45) is 0.507. The number of nitrogens with zero attached hydrogens (tertiary/aromatic N) is 1. The molecule has 0 N–H and O–H groups in total. The maximum atomic E-state index is 13.1. The monoisotopic (exact) mass is 343 g/mol. The number of rotatable bonds is 4. The summed E-state index contributed by atoms with van der Waals surface area (Å²) in [4.78, 5) is 14.8. The first kappa shape index (κ1) is 16.7. The summed E-state index contributed by atoms with van der Waals surface area (Å²) in [6, 6.07) is 16.9. The Morgan fingerprint density at radius 2 is 1.75 bits per heavy atom. The smallest absolute Gasteiger partial charge is 0.254 e. The van der Waals surface area contributed by atoms with Crippen LogP contribution in [-0.2, 0) is 16.4 Å². The molecule has 4 nitrogen and oxygen atoms in total. The fraction of sp³-hybridized carbons (Fsp3) is 0.316. The molecule has 1 atom stereocenters. The summed E-state index contributed by atoms with van der Waals surface area (Å²) >= 11 is 0. The van der Waals surface area contributed by atoms with Gasteiger partial charge in [0.05, 0.1) is 11.5 Å². The highest BCUT2D eigenvalue weighted by Gasteiger charge is 2.35. The van der Waals surface area contributed by atoms with Crippen LogP contribution in [0.1, 0.15) is 27.9 Å². The van der Waals surface area contributed by atoms with Crippen LogP contribution in [0.15, 0.2) is 54.6 Å². The number of aryl methyl sites for hydroxylation is 1. The number of benzene rings is 2. The lowest BCUT2D eigenvalue weighted by atomic mass is 10.1. The van der Waals surface area contributed by atoms with Gasteiger partial charge in [-0.1, -0.05) is 48.5 Å². The molecule has 1 amide bonds. The lowest BCUT2D eigenvalue weighted by Crippen LogP contribution is -2.40. The Labute approximate surface area is 143 Å². The normalized spacial score (nSPS) is 19.1. The van der Waals surface area contributed by atoms with Crippen LogP contribution in [0.5, 0.6) is 0 Å². The third kappa shape index (κ3) is 3.67. The lowest BCUT2D eigenvalue weighted by Gasteiger charge is -2.29. The van der Waals surface area contributed by atoms with Crippen LogP contribution >= 0.6 is 0 Å². The van der Waals surface area contributed by atoms with Gasteiger partial charge in [0.25, 0.3) is 5.91 Å². The number of sulfone groups is 1. The van der Waals surface area contributed by atoms with Gasteiger partial charge in [0.15, 0.2) is 9.84 Å². The zero-order valence-corrected chi connectivity index (χ0v) is 14.5. The summed E-state index contributed by atoms with van der Waals surface area (Å²) < 4.78 is 23.8. The first-order chi connectivity index (χ1) is 11.5. The molecule has 5 heteroatoms. The van der Waals surface area contributed by atoms with E-state index in [4.69, 9.17) is 0 Å². The third-order valence-electron chi connectivity index (χ3n) is 4.48. The van der Waals surface area contributed by atoms with E-state index in [9.17, 15) is 13.2 Å². The van der Waals surface area contributed by atoms with Gasteiger partial charge in [-0.15, -0.1) is 0 Å². The van der Waals surface area contributed by atoms with Gasteiger partial charge >= 0.3 is 0 Å². The second kappa shape index (κ2) is 6.77. The molecule has 0 aromatic heterocycles. The Hall–Kier alpha value is -2.14. The predicted molar refractivity (Wildman–Crippen MR) is 94.6 cm³/mol. The lowest BCUT2D eigenvalue weighted by molar-refractivity contribution is 0.0680. The average molecular weight is 343 g/mol. The van der Waals surface area contributed by atoms with Gasteiger partial charge < -0.3 is 4.90 Å². The van der Waals surface area contributed by atoms with Crippen LogP contribution in [0.25, 0.3) is 0 Å². The highest BCUT2D eigenvalue weighted by Crippen LogP contribution is 2.23. The molecule has 0 saturated carbocycles. The standard InChI is InChI=1S/C19H21NO3S/c1-15-7-5-6-10-18(15)19(21)20(13-16-8-3-2-4-9-16)17-11-12-24(22,23)14-17/h2-10,17H,11-14H2,1H3. The summed E-state index contributed by atoms with van der Waals surface area (Å²) in [7, 11) is -3.05. The maximum Gasteiger partial charge on any atom is 0.254 e. The molecule has 1 saturated heterocycles. The predicted octanol–water partition coefficient (Wildman–Crippen LogP) is 2.82. The quantitative estimate of drug-likeness (QED) is 0.858. The Morgan fingerprint density at radius 1 is 1.08 bits per heavy atom. The Balaban J connectivity index is 1.93. The number of hydrogen-bond acceptors (Lipinski definition) is 3. The van der Waals surface area contributed by atoms with Crippen molar-refractivity contribution in [2.24, 2.45) is 0 Å². The zero-order chi connectivity index (χ0) is 17.2. The summed E-state index contributed by atoms with van der Waals surface area (Å²) in [5.41, 5.74) is 2.54. The van der Waals surface area contributed by atoms with Crippen molar-refractivity contribution in [2.75, 3.05) is 11.5 Å². The van der Waals surface area contributed by atoms with Crippen molar-refractivity contribution >= 4 is 15.7 Å². The van der Waals surface area contributed by atoms with E-state index in [0.717, 1.165) is 11.1 Å². The fourth-order valence-corrected chi connectivity index (χ4v) is 4.87. The van der Waals surface area contributed by atoms with Crippen molar-refractivity contribution in [2.45, 2.75) is 25.9 Å². The van der Waals surface area contributed by atoms with Gasteiger partial charge in [0.1, 0.15) is 0 Å². The van der Waals surface area contributed by atoms with Gasteiger partial charge in [0, 0.05) is 18.2 Å². The molecule has 2 aromatic rings. The zero-order valence-electron chi connectivity index (χ0n) is 13.7. The van der Waals surface area contributed by atoms with E-state index in [1.165, 1.54) is 0 Å². The van der Waals surface area contributed by atoms with E-state index in [2.05, 4.69) is 0 Å². The molecule has 0 radical (unpaired) electrons. The van der Waals surface area contributed by atoms with Crippen LogP contribution in [-0.4, -0.2) is 36.8 Å². The maximum absolute atomic E-state index is 13.1.